The molecule has 2 aromatic heterocycles. The third-order valence-corrected chi connectivity index (χ3v) is 6.77. The molecule has 31 heavy (non-hydrogen) atoms. The van der Waals surface area contributed by atoms with E-state index in [-0.39, 0.29) is 5.78 Å². The first-order valence-corrected chi connectivity index (χ1v) is 11.6. The molecule has 5 nitrogen and oxygen atoms in total. The Bertz CT molecular complexity index is 1240. The number of nitriles is 1. The highest BCUT2D eigenvalue weighted by Gasteiger charge is 2.13. The van der Waals surface area contributed by atoms with E-state index in [0.29, 0.717) is 12.0 Å². The molecule has 0 aliphatic carbocycles. The number of ketones is 1. The van der Waals surface area contributed by atoms with Crippen LogP contribution in [-0.2, 0) is 0 Å². The molecule has 2 aromatic carbocycles. The van der Waals surface area contributed by atoms with Crippen molar-refractivity contribution in [2.45, 2.75) is 33.1 Å². The summed E-state index contributed by atoms with van der Waals surface area (Å²) in [5.74, 6) is 0.214. The van der Waals surface area contributed by atoms with E-state index in [1.807, 2.05) is 36.5 Å². The van der Waals surface area contributed by atoms with Crippen LogP contribution in [0, 0.1) is 11.3 Å². The summed E-state index contributed by atoms with van der Waals surface area (Å²) < 4.78 is 3.15. The largest absolute Gasteiger partial charge is 0.304 e. The minimum Gasteiger partial charge on any atom is -0.304 e. The molecule has 0 bridgehead atoms. The quantitative estimate of drug-likeness (QED) is 0.249. The fourth-order valence-electron chi connectivity index (χ4n) is 3.83. The van der Waals surface area contributed by atoms with Crippen LogP contribution in [0.2, 0.25) is 0 Å². The highest BCUT2D eigenvalue weighted by Crippen LogP contribution is 2.30. The topological polar surface area (TPSA) is 61.4 Å². The van der Waals surface area contributed by atoms with Crippen molar-refractivity contribution in [3.8, 4) is 17.3 Å². The van der Waals surface area contributed by atoms with E-state index in [9.17, 15) is 4.79 Å². The maximum Gasteiger partial charge on any atom is 0.195 e. The fourth-order valence-corrected chi connectivity index (χ4v) is 4.88. The van der Waals surface area contributed by atoms with Crippen molar-refractivity contribution in [3.05, 3.63) is 59.8 Å². The van der Waals surface area contributed by atoms with Gasteiger partial charge >= 0.3 is 0 Å². The Morgan fingerprint density at radius 1 is 1.13 bits per heavy atom. The predicted molar refractivity (Wildman–Crippen MR) is 127 cm³/mol. The summed E-state index contributed by atoms with van der Waals surface area (Å²) in [6.45, 7) is 7.54. The van der Waals surface area contributed by atoms with Crippen LogP contribution >= 0.6 is 11.3 Å². The molecule has 0 amide bonds. The van der Waals surface area contributed by atoms with E-state index in [1.54, 1.807) is 23.5 Å². The van der Waals surface area contributed by atoms with Crippen LogP contribution < -0.4 is 0 Å². The number of carbonyl (C=O) groups is 1. The molecule has 0 radical (unpaired) electrons. The van der Waals surface area contributed by atoms with Gasteiger partial charge in [0.2, 0.25) is 0 Å². The predicted octanol–water partition coefficient (Wildman–Crippen LogP) is 5.78. The van der Waals surface area contributed by atoms with Crippen molar-refractivity contribution in [2.75, 3.05) is 19.6 Å². The van der Waals surface area contributed by atoms with Gasteiger partial charge in [-0.1, -0.05) is 37.3 Å². The molecule has 0 N–H and O–H groups in total. The van der Waals surface area contributed by atoms with Crippen LogP contribution in [0.15, 0.2) is 48.7 Å². The Labute approximate surface area is 186 Å². The van der Waals surface area contributed by atoms with Gasteiger partial charge in [0.1, 0.15) is 0 Å². The minimum atomic E-state index is 0.214. The second-order valence-electron chi connectivity index (χ2n) is 7.66. The van der Waals surface area contributed by atoms with Gasteiger partial charge in [0.25, 0.3) is 0 Å². The average molecular weight is 431 g/mol. The third-order valence-electron chi connectivity index (χ3n) is 5.75. The lowest BCUT2D eigenvalue weighted by atomic mass is 10.1. The Morgan fingerprint density at radius 3 is 2.61 bits per heavy atom. The first kappa shape index (κ1) is 21.2. The number of imidazole rings is 1. The highest BCUT2D eigenvalue weighted by molar-refractivity contribution is 7.23. The smallest absolute Gasteiger partial charge is 0.195 e. The van der Waals surface area contributed by atoms with Crippen LogP contribution in [0.3, 0.4) is 0 Å². The summed E-state index contributed by atoms with van der Waals surface area (Å²) in [6.07, 6.45) is 4.60. The number of fused-ring (bicyclic) bond motifs is 3. The van der Waals surface area contributed by atoms with E-state index in [0.717, 1.165) is 64.5 Å². The maximum atomic E-state index is 12.7. The van der Waals surface area contributed by atoms with Gasteiger partial charge in [-0.2, -0.15) is 5.26 Å². The minimum absolute atomic E-state index is 0.214. The van der Waals surface area contributed by atoms with Gasteiger partial charge in [0.05, 0.1) is 27.5 Å². The first-order chi connectivity index (χ1) is 15.1. The van der Waals surface area contributed by atoms with Crippen molar-refractivity contribution < 1.29 is 4.79 Å². The van der Waals surface area contributed by atoms with Crippen LogP contribution in [0.25, 0.3) is 26.4 Å². The second-order valence-corrected chi connectivity index (χ2v) is 8.67. The molecular formula is C25H26N4OS. The number of thiazole rings is 1. The fraction of sp³-hybridized carbons (Fsp3) is 0.320. The van der Waals surface area contributed by atoms with E-state index in [2.05, 4.69) is 29.2 Å². The normalized spacial score (nSPS) is 11.4. The lowest BCUT2D eigenvalue weighted by Gasteiger charge is -2.17. The molecule has 2 heterocycles. The number of hydrogen-bond acceptors (Lipinski definition) is 5. The number of rotatable bonds is 9. The van der Waals surface area contributed by atoms with Gasteiger partial charge in [0, 0.05) is 23.7 Å². The molecule has 158 valence electrons. The Kier molecular flexibility index (Phi) is 6.45. The molecule has 4 aromatic rings. The number of hydrogen-bond donors (Lipinski definition) is 0. The molecule has 0 saturated carbocycles. The zero-order chi connectivity index (χ0) is 21.8. The summed E-state index contributed by atoms with van der Waals surface area (Å²) >= 11 is 1.60. The van der Waals surface area contributed by atoms with Gasteiger partial charge < -0.3 is 4.90 Å². The van der Waals surface area contributed by atoms with Gasteiger partial charge in [0.15, 0.2) is 10.7 Å². The standard InChI is InChI=1S/C25H26N4OS/c1-3-28(4-2)14-6-5-7-23(30)20-12-13-22-24(15-20)31-25-27-21(17-29(22)25)19-10-8-18(16-26)9-11-19/h8-13,15,17H,3-7,14H2,1-2H3. The lowest BCUT2D eigenvalue weighted by Crippen LogP contribution is -2.24. The van der Waals surface area contributed by atoms with Crippen LogP contribution in [-0.4, -0.2) is 39.7 Å². The number of benzene rings is 2. The molecule has 0 atom stereocenters. The van der Waals surface area contributed by atoms with E-state index in [4.69, 9.17) is 10.2 Å². The van der Waals surface area contributed by atoms with E-state index >= 15 is 0 Å². The second kappa shape index (κ2) is 9.42. The van der Waals surface area contributed by atoms with E-state index < -0.39 is 0 Å². The summed E-state index contributed by atoms with van der Waals surface area (Å²) in [6, 6.07) is 15.5. The highest BCUT2D eigenvalue weighted by atomic mass is 32.1. The molecule has 6 heteroatoms. The molecule has 0 spiro atoms. The van der Waals surface area contributed by atoms with Crippen molar-refractivity contribution in [2.24, 2.45) is 0 Å². The Balaban J connectivity index is 1.48. The first-order valence-electron chi connectivity index (χ1n) is 10.8. The summed E-state index contributed by atoms with van der Waals surface area (Å²) in [5.41, 5.74) is 4.35. The van der Waals surface area contributed by atoms with Crippen molar-refractivity contribution in [3.63, 3.8) is 0 Å². The van der Waals surface area contributed by atoms with E-state index in [1.165, 1.54) is 0 Å². The van der Waals surface area contributed by atoms with Gasteiger partial charge in [-0.25, -0.2) is 4.98 Å². The number of nitrogens with zero attached hydrogens (tertiary/aromatic N) is 4. The molecule has 0 unspecified atom stereocenters. The molecule has 0 aliphatic heterocycles. The molecule has 0 saturated heterocycles. The van der Waals surface area contributed by atoms with Gasteiger partial charge in [-0.15, -0.1) is 0 Å². The number of aromatic nitrogens is 2. The zero-order valence-corrected chi connectivity index (χ0v) is 18.8. The molecular weight excluding hydrogens is 404 g/mol. The van der Waals surface area contributed by atoms with Crippen molar-refractivity contribution in [1.29, 1.82) is 5.26 Å². The average Bonchev–Trinajstić information content (AvgIpc) is 3.36. The molecule has 0 fully saturated rings. The third kappa shape index (κ3) is 4.53. The Morgan fingerprint density at radius 2 is 1.90 bits per heavy atom. The molecule has 4 rings (SSSR count). The zero-order valence-electron chi connectivity index (χ0n) is 18.0. The maximum absolute atomic E-state index is 12.7. The Hall–Kier alpha value is -3.01. The summed E-state index contributed by atoms with van der Waals surface area (Å²) in [4.78, 5) is 20.7. The lowest BCUT2D eigenvalue weighted by molar-refractivity contribution is 0.0978. The SMILES string of the molecule is CCN(CC)CCCCC(=O)c1ccc2c(c1)sc1nc(-c3ccc(C#N)cc3)cn12. The van der Waals surface area contributed by atoms with Gasteiger partial charge in [-0.05, 0) is 62.8 Å². The van der Waals surface area contributed by atoms with Crippen LogP contribution in [0.4, 0.5) is 0 Å². The molecule has 0 aliphatic rings. The van der Waals surface area contributed by atoms with Crippen molar-refractivity contribution >= 4 is 32.3 Å². The monoisotopic (exact) mass is 430 g/mol. The number of unbranched alkanes of at least 4 members (excludes halogenated alkanes) is 1. The number of carbonyl (C=O) groups excluding carboxylic acids is 1. The van der Waals surface area contributed by atoms with Crippen molar-refractivity contribution in [1.82, 2.24) is 14.3 Å². The summed E-state index contributed by atoms with van der Waals surface area (Å²) in [5, 5.41) is 8.97. The summed E-state index contributed by atoms with van der Waals surface area (Å²) in [7, 11) is 0. The van der Waals surface area contributed by atoms with Gasteiger partial charge in [-0.3, -0.25) is 9.20 Å². The van der Waals surface area contributed by atoms with Crippen LogP contribution in [0.5, 0.6) is 0 Å². The number of Topliss-reactive ketones (excluding diaryl/α,β-unsaturated/α-hetero) is 1. The van der Waals surface area contributed by atoms with Crippen LogP contribution in [0.1, 0.15) is 49.0 Å².